The fourth-order valence-electron chi connectivity index (χ4n) is 4.50. The summed E-state index contributed by atoms with van der Waals surface area (Å²) in [6.45, 7) is 0.527. The van der Waals surface area contributed by atoms with Crippen LogP contribution >= 0.6 is 0 Å². The standard InChI is InChI=1S/C25H29N5O6S/c1-37(34,35)30-12-10-29(11-13-30)25(33,24(27)32)15-18-14-19(6-7-21(18)23(26)31)36-16-17-8-9-28-22-5-3-2-4-20(17)22/h2-9,14,33H,10-13,15-16H2,1H3,(H2,26,31)(H2,27,32)/t25-/m0/s1. The van der Waals surface area contributed by atoms with Crippen LogP contribution in [0.5, 0.6) is 5.75 Å². The van der Waals surface area contributed by atoms with Gasteiger partial charge in [-0.3, -0.25) is 19.5 Å². The highest BCUT2D eigenvalue weighted by atomic mass is 32.2. The van der Waals surface area contributed by atoms with Crippen LogP contribution in [0.3, 0.4) is 0 Å². The fourth-order valence-corrected chi connectivity index (χ4v) is 5.33. The van der Waals surface area contributed by atoms with Gasteiger partial charge in [0.25, 0.3) is 5.91 Å². The number of amides is 2. The fraction of sp³-hybridized carbons (Fsp3) is 0.320. The van der Waals surface area contributed by atoms with E-state index in [0.717, 1.165) is 22.7 Å². The van der Waals surface area contributed by atoms with Crippen molar-refractivity contribution in [2.75, 3.05) is 32.4 Å². The first-order valence-corrected chi connectivity index (χ1v) is 13.4. The van der Waals surface area contributed by atoms with Gasteiger partial charge in [-0.15, -0.1) is 0 Å². The minimum atomic E-state index is -3.41. The second-order valence-electron chi connectivity index (χ2n) is 8.97. The van der Waals surface area contributed by atoms with Crippen molar-refractivity contribution in [3.05, 3.63) is 71.4 Å². The number of sulfonamides is 1. The molecule has 1 atom stereocenters. The lowest BCUT2D eigenvalue weighted by Crippen LogP contribution is -2.64. The van der Waals surface area contributed by atoms with Gasteiger partial charge in [-0.25, -0.2) is 8.42 Å². The molecule has 12 heteroatoms. The van der Waals surface area contributed by atoms with Gasteiger partial charge in [0.05, 0.1) is 11.8 Å². The normalized spacial score (nSPS) is 16.8. The molecule has 0 spiro atoms. The number of primary amides is 2. The van der Waals surface area contributed by atoms with E-state index < -0.39 is 27.6 Å². The topological polar surface area (TPSA) is 169 Å². The quantitative estimate of drug-likeness (QED) is 0.355. The van der Waals surface area contributed by atoms with Crippen LogP contribution in [0.25, 0.3) is 10.9 Å². The molecule has 0 bridgehead atoms. The molecule has 0 unspecified atom stereocenters. The Kier molecular flexibility index (Phi) is 7.46. The third kappa shape index (κ3) is 5.72. The molecule has 2 amide bonds. The smallest absolute Gasteiger partial charge is 0.265 e. The highest BCUT2D eigenvalue weighted by Crippen LogP contribution is 2.27. The molecule has 11 nitrogen and oxygen atoms in total. The predicted molar refractivity (Wildman–Crippen MR) is 137 cm³/mol. The first-order valence-electron chi connectivity index (χ1n) is 11.6. The third-order valence-electron chi connectivity index (χ3n) is 6.54. The number of hydrogen-bond donors (Lipinski definition) is 3. The summed E-state index contributed by atoms with van der Waals surface area (Å²) in [5.74, 6) is -1.37. The van der Waals surface area contributed by atoms with E-state index in [2.05, 4.69) is 4.98 Å². The summed E-state index contributed by atoms with van der Waals surface area (Å²) in [7, 11) is -3.41. The second-order valence-corrected chi connectivity index (χ2v) is 10.9. The summed E-state index contributed by atoms with van der Waals surface area (Å²) in [5, 5.41) is 12.3. The lowest BCUT2D eigenvalue weighted by molar-refractivity contribution is -0.163. The second kappa shape index (κ2) is 10.4. The number of aromatic nitrogens is 1. The Morgan fingerprint density at radius 2 is 1.76 bits per heavy atom. The first kappa shape index (κ1) is 26.5. The molecule has 2 heterocycles. The molecule has 196 valence electrons. The van der Waals surface area contributed by atoms with Gasteiger partial charge in [-0.1, -0.05) is 18.2 Å². The zero-order valence-corrected chi connectivity index (χ0v) is 21.1. The molecular weight excluding hydrogens is 498 g/mol. The number of carbonyl (C=O) groups excluding carboxylic acids is 2. The molecule has 4 rings (SSSR count). The number of para-hydroxylation sites is 1. The number of ether oxygens (including phenoxy) is 1. The van der Waals surface area contributed by atoms with Crippen LogP contribution in [0, 0.1) is 0 Å². The zero-order valence-electron chi connectivity index (χ0n) is 20.3. The largest absolute Gasteiger partial charge is 0.489 e. The molecule has 5 N–H and O–H groups in total. The summed E-state index contributed by atoms with van der Waals surface area (Å²) in [5.41, 5.74) is 11.1. The minimum Gasteiger partial charge on any atom is -0.489 e. The maximum atomic E-state index is 12.4. The lowest BCUT2D eigenvalue weighted by atomic mass is 9.94. The van der Waals surface area contributed by atoms with Crippen LogP contribution in [-0.2, 0) is 27.8 Å². The van der Waals surface area contributed by atoms with E-state index in [9.17, 15) is 23.1 Å². The summed E-state index contributed by atoms with van der Waals surface area (Å²) in [6, 6.07) is 14.1. The van der Waals surface area contributed by atoms with Gasteiger partial charge in [-0.05, 0) is 35.9 Å². The van der Waals surface area contributed by atoms with Gasteiger partial charge in [0.2, 0.25) is 21.7 Å². The molecule has 0 saturated carbocycles. The van der Waals surface area contributed by atoms with Gasteiger partial charge in [-0.2, -0.15) is 4.31 Å². The van der Waals surface area contributed by atoms with Crippen LogP contribution in [0.4, 0.5) is 0 Å². The molecule has 1 aliphatic heterocycles. The molecular formula is C25H29N5O6S. The Bertz CT molecular complexity index is 1430. The summed E-state index contributed by atoms with van der Waals surface area (Å²) < 4.78 is 30.9. The maximum absolute atomic E-state index is 12.4. The highest BCUT2D eigenvalue weighted by molar-refractivity contribution is 7.88. The number of pyridine rings is 1. The number of nitrogens with two attached hydrogens (primary N) is 2. The van der Waals surface area contributed by atoms with Crippen molar-refractivity contribution >= 4 is 32.7 Å². The van der Waals surface area contributed by atoms with Gasteiger partial charge in [0.1, 0.15) is 12.4 Å². The number of aliphatic hydroxyl groups is 1. The summed E-state index contributed by atoms with van der Waals surface area (Å²) in [4.78, 5) is 30.3. The Hall–Kier alpha value is -3.58. The van der Waals surface area contributed by atoms with E-state index in [1.165, 1.54) is 15.3 Å². The van der Waals surface area contributed by atoms with E-state index in [1.54, 1.807) is 18.3 Å². The molecule has 0 aliphatic carbocycles. The van der Waals surface area contributed by atoms with Crippen molar-refractivity contribution in [3.8, 4) is 5.75 Å². The Morgan fingerprint density at radius 1 is 1.05 bits per heavy atom. The molecule has 3 aromatic rings. The van der Waals surface area contributed by atoms with Crippen molar-refractivity contribution in [3.63, 3.8) is 0 Å². The number of fused-ring (bicyclic) bond motifs is 1. The molecule has 0 radical (unpaired) electrons. The van der Waals surface area contributed by atoms with E-state index in [4.69, 9.17) is 16.2 Å². The third-order valence-corrected chi connectivity index (χ3v) is 7.84. The van der Waals surface area contributed by atoms with Gasteiger partial charge in [0.15, 0.2) is 0 Å². The lowest BCUT2D eigenvalue weighted by Gasteiger charge is -2.42. The Balaban J connectivity index is 1.58. The highest BCUT2D eigenvalue weighted by Gasteiger charge is 2.43. The Labute approximate surface area is 214 Å². The van der Waals surface area contributed by atoms with Crippen molar-refractivity contribution in [1.29, 1.82) is 0 Å². The van der Waals surface area contributed by atoms with E-state index in [1.807, 2.05) is 30.3 Å². The van der Waals surface area contributed by atoms with Gasteiger partial charge < -0.3 is 21.3 Å². The van der Waals surface area contributed by atoms with Crippen molar-refractivity contribution in [2.24, 2.45) is 11.5 Å². The Morgan fingerprint density at radius 3 is 2.41 bits per heavy atom. The molecule has 1 fully saturated rings. The molecule has 1 aliphatic rings. The van der Waals surface area contributed by atoms with Crippen LogP contribution < -0.4 is 16.2 Å². The van der Waals surface area contributed by atoms with E-state index in [-0.39, 0.29) is 50.3 Å². The number of carbonyl (C=O) groups is 2. The number of benzene rings is 2. The van der Waals surface area contributed by atoms with Crippen LogP contribution in [0.1, 0.15) is 21.5 Å². The number of nitrogens with zero attached hydrogens (tertiary/aromatic N) is 3. The van der Waals surface area contributed by atoms with Gasteiger partial charge in [0, 0.05) is 55.3 Å². The van der Waals surface area contributed by atoms with E-state index >= 15 is 0 Å². The van der Waals surface area contributed by atoms with Crippen molar-refractivity contribution in [1.82, 2.24) is 14.2 Å². The maximum Gasteiger partial charge on any atom is 0.265 e. The summed E-state index contributed by atoms with van der Waals surface area (Å²) >= 11 is 0. The summed E-state index contributed by atoms with van der Waals surface area (Å²) in [6.07, 6.45) is 2.45. The van der Waals surface area contributed by atoms with Crippen LogP contribution in [0.15, 0.2) is 54.7 Å². The van der Waals surface area contributed by atoms with Crippen LogP contribution in [0.2, 0.25) is 0 Å². The van der Waals surface area contributed by atoms with Crippen molar-refractivity contribution < 1.29 is 27.9 Å². The average molecular weight is 528 g/mol. The van der Waals surface area contributed by atoms with Crippen LogP contribution in [-0.4, -0.2) is 77.7 Å². The molecule has 37 heavy (non-hydrogen) atoms. The number of rotatable bonds is 9. The van der Waals surface area contributed by atoms with Crippen molar-refractivity contribution in [2.45, 2.75) is 18.8 Å². The zero-order chi connectivity index (χ0) is 26.8. The molecule has 1 aromatic heterocycles. The molecule has 1 saturated heterocycles. The van der Waals surface area contributed by atoms with E-state index in [0.29, 0.717) is 5.75 Å². The minimum absolute atomic E-state index is 0.0731. The number of hydrogen-bond acceptors (Lipinski definition) is 8. The van der Waals surface area contributed by atoms with Gasteiger partial charge >= 0.3 is 0 Å². The SMILES string of the molecule is CS(=O)(=O)N1CCN([C@](O)(Cc2cc(OCc3ccnc4ccccc34)ccc2C(N)=O)C(N)=O)CC1. The number of piperazine rings is 1. The molecule has 2 aromatic carbocycles. The first-order chi connectivity index (χ1) is 17.5. The average Bonchev–Trinajstić information content (AvgIpc) is 2.86. The monoisotopic (exact) mass is 527 g/mol. The predicted octanol–water partition coefficient (Wildman–Crippen LogP) is 0.206.